The molecule has 10 heteroatoms. The van der Waals surface area contributed by atoms with Crippen LogP contribution in [-0.2, 0) is 11.3 Å². The standard InChI is InChI=1S/C18H21N5O5/c1-11-4-2-3-5-14(11)20-18(26)21-16(24)9-22-10-19-15-7-6-12(23(27)28)8-13(15)17(22)25/h6-8,10-11,14H,2-5,9H2,1H3,(H2,20,21,24,26)/t11-,14-/m0/s1. The third kappa shape index (κ3) is 4.33. The molecule has 1 aromatic heterocycles. The number of hydrogen-bond donors (Lipinski definition) is 2. The summed E-state index contributed by atoms with van der Waals surface area (Å²) in [7, 11) is 0. The van der Waals surface area contributed by atoms with E-state index in [0.717, 1.165) is 36.3 Å². The van der Waals surface area contributed by atoms with Crippen molar-refractivity contribution in [3.8, 4) is 0 Å². The van der Waals surface area contributed by atoms with Crippen molar-refractivity contribution in [2.24, 2.45) is 5.92 Å². The molecular formula is C18H21N5O5. The van der Waals surface area contributed by atoms with Crippen LogP contribution in [0.5, 0.6) is 0 Å². The SMILES string of the molecule is C[C@H]1CCCC[C@@H]1NC(=O)NC(=O)Cn1cnc2ccc([N+](=O)[O-])cc2c1=O. The van der Waals surface area contributed by atoms with Gasteiger partial charge < -0.3 is 5.32 Å². The Morgan fingerprint density at radius 2 is 2.07 bits per heavy atom. The fourth-order valence-corrected chi connectivity index (χ4v) is 3.43. The molecule has 1 heterocycles. The fraction of sp³-hybridized carbons (Fsp3) is 0.444. The normalized spacial score (nSPS) is 19.2. The van der Waals surface area contributed by atoms with Crippen LogP contribution in [0.25, 0.3) is 10.9 Å². The maximum absolute atomic E-state index is 12.5. The molecule has 10 nitrogen and oxygen atoms in total. The molecule has 0 spiro atoms. The molecule has 0 aliphatic heterocycles. The van der Waals surface area contributed by atoms with Gasteiger partial charge in [-0.2, -0.15) is 0 Å². The Hall–Kier alpha value is -3.30. The highest BCUT2D eigenvalue weighted by Gasteiger charge is 2.23. The molecule has 148 valence electrons. The molecule has 0 radical (unpaired) electrons. The van der Waals surface area contributed by atoms with Crippen LogP contribution in [0.15, 0.2) is 29.3 Å². The number of rotatable bonds is 4. The average Bonchev–Trinajstić information content (AvgIpc) is 2.65. The summed E-state index contributed by atoms with van der Waals surface area (Å²) in [6.45, 7) is 1.64. The van der Waals surface area contributed by atoms with Crippen molar-refractivity contribution in [2.45, 2.75) is 45.2 Å². The van der Waals surface area contributed by atoms with Crippen LogP contribution in [0, 0.1) is 16.0 Å². The first-order valence-electron chi connectivity index (χ1n) is 9.09. The quantitative estimate of drug-likeness (QED) is 0.605. The summed E-state index contributed by atoms with van der Waals surface area (Å²) in [5, 5.41) is 15.9. The Balaban J connectivity index is 1.68. The lowest BCUT2D eigenvalue weighted by molar-refractivity contribution is -0.384. The van der Waals surface area contributed by atoms with Gasteiger partial charge in [-0.1, -0.05) is 19.8 Å². The summed E-state index contributed by atoms with van der Waals surface area (Å²) in [6, 6.07) is 3.17. The number of nitrogens with zero attached hydrogens (tertiary/aromatic N) is 3. The van der Waals surface area contributed by atoms with Gasteiger partial charge in [0.25, 0.3) is 11.2 Å². The van der Waals surface area contributed by atoms with Crippen molar-refractivity contribution in [2.75, 3.05) is 0 Å². The van der Waals surface area contributed by atoms with E-state index in [1.165, 1.54) is 18.5 Å². The summed E-state index contributed by atoms with van der Waals surface area (Å²) in [5.74, 6) is -0.327. The van der Waals surface area contributed by atoms with Gasteiger partial charge in [-0.05, 0) is 24.8 Å². The van der Waals surface area contributed by atoms with Gasteiger partial charge in [-0.3, -0.25) is 29.6 Å². The molecule has 1 saturated carbocycles. The topological polar surface area (TPSA) is 136 Å². The Morgan fingerprint density at radius 3 is 2.79 bits per heavy atom. The van der Waals surface area contributed by atoms with Crippen molar-refractivity contribution in [1.82, 2.24) is 20.2 Å². The van der Waals surface area contributed by atoms with Crippen molar-refractivity contribution in [3.63, 3.8) is 0 Å². The average molecular weight is 387 g/mol. The molecule has 1 aliphatic carbocycles. The molecule has 2 atom stereocenters. The second-order valence-corrected chi connectivity index (χ2v) is 7.03. The fourth-order valence-electron chi connectivity index (χ4n) is 3.43. The van der Waals surface area contributed by atoms with Crippen LogP contribution >= 0.6 is 0 Å². The van der Waals surface area contributed by atoms with E-state index < -0.39 is 29.0 Å². The molecule has 2 N–H and O–H groups in total. The minimum absolute atomic E-state index is 0.0205. The van der Waals surface area contributed by atoms with Gasteiger partial charge in [0, 0.05) is 18.2 Å². The lowest BCUT2D eigenvalue weighted by Gasteiger charge is -2.29. The Morgan fingerprint density at radius 1 is 1.32 bits per heavy atom. The molecule has 2 aromatic rings. The van der Waals surface area contributed by atoms with Crippen LogP contribution in [0.3, 0.4) is 0 Å². The van der Waals surface area contributed by atoms with E-state index in [0.29, 0.717) is 5.92 Å². The molecular weight excluding hydrogens is 366 g/mol. The Labute approximate surface area is 160 Å². The van der Waals surface area contributed by atoms with Crippen LogP contribution in [0.4, 0.5) is 10.5 Å². The monoisotopic (exact) mass is 387 g/mol. The highest BCUT2D eigenvalue weighted by molar-refractivity contribution is 5.94. The number of hydrogen-bond acceptors (Lipinski definition) is 6. The van der Waals surface area contributed by atoms with Gasteiger partial charge in [-0.15, -0.1) is 0 Å². The number of nitro groups is 1. The van der Waals surface area contributed by atoms with Gasteiger partial charge in [0.15, 0.2) is 0 Å². The number of imide groups is 1. The number of amides is 3. The predicted molar refractivity (Wildman–Crippen MR) is 101 cm³/mol. The second kappa shape index (κ2) is 8.15. The van der Waals surface area contributed by atoms with Crippen LogP contribution < -0.4 is 16.2 Å². The van der Waals surface area contributed by atoms with Crippen LogP contribution in [0.2, 0.25) is 0 Å². The van der Waals surface area contributed by atoms with Crippen molar-refractivity contribution in [1.29, 1.82) is 0 Å². The number of benzene rings is 1. The lowest BCUT2D eigenvalue weighted by atomic mass is 9.86. The zero-order valence-electron chi connectivity index (χ0n) is 15.4. The van der Waals surface area contributed by atoms with E-state index in [9.17, 15) is 24.5 Å². The van der Waals surface area contributed by atoms with Gasteiger partial charge in [0.1, 0.15) is 6.54 Å². The van der Waals surface area contributed by atoms with Crippen LogP contribution in [0.1, 0.15) is 32.6 Å². The number of carbonyl (C=O) groups is 2. The predicted octanol–water partition coefficient (Wildman–Crippen LogP) is 1.71. The first kappa shape index (κ1) is 19.5. The number of urea groups is 1. The number of carbonyl (C=O) groups excluding carboxylic acids is 2. The van der Waals surface area contributed by atoms with E-state index in [1.807, 2.05) is 0 Å². The highest BCUT2D eigenvalue weighted by Crippen LogP contribution is 2.23. The zero-order chi connectivity index (χ0) is 20.3. The van der Waals surface area contributed by atoms with Gasteiger partial charge in [0.2, 0.25) is 5.91 Å². The lowest BCUT2D eigenvalue weighted by Crippen LogP contribution is -2.48. The minimum Gasteiger partial charge on any atom is -0.335 e. The summed E-state index contributed by atoms with van der Waals surface area (Å²) < 4.78 is 1.01. The van der Waals surface area contributed by atoms with Crippen LogP contribution in [-0.4, -0.2) is 32.5 Å². The summed E-state index contributed by atoms with van der Waals surface area (Å²) in [4.78, 5) is 51.0. The van der Waals surface area contributed by atoms with E-state index in [4.69, 9.17) is 0 Å². The van der Waals surface area contributed by atoms with Gasteiger partial charge in [-0.25, -0.2) is 9.78 Å². The number of fused-ring (bicyclic) bond motifs is 1. The summed E-state index contributed by atoms with van der Waals surface area (Å²) in [5.41, 5.74) is -0.545. The maximum Gasteiger partial charge on any atom is 0.321 e. The molecule has 3 rings (SSSR count). The molecule has 3 amide bonds. The molecule has 0 bridgehead atoms. The number of non-ortho nitro benzene ring substituents is 1. The highest BCUT2D eigenvalue weighted by atomic mass is 16.6. The smallest absolute Gasteiger partial charge is 0.321 e. The zero-order valence-corrected chi connectivity index (χ0v) is 15.4. The minimum atomic E-state index is -0.672. The largest absolute Gasteiger partial charge is 0.335 e. The van der Waals surface area contributed by atoms with Gasteiger partial charge >= 0.3 is 6.03 Å². The van der Waals surface area contributed by atoms with E-state index in [-0.39, 0.29) is 22.6 Å². The van der Waals surface area contributed by atoms with Gasteiger partial charge in [0.05, 0.1) is 22.2 Å². The van der Waals surface area contributed by atoms with E-state index >= 15 is 0 Å². The van der Waals surface area contributed by atoms with Crippen molar-refractivity contribution >= 4 is 28.5 Å². The number of nitro benzene ring substituents is 1. The van der Waals surface area contributed by atoms with Crippen molar-refractivity contribution < 1.29 is 14.5 Å². The molecule has 0 saturated heterocycles. The molecule has 1 aromatic carbocycles. The Bertz CT molecular complexity index is 986. The second-order valence-electron chi connectivity index (χ2n) is 7.03. The third-order valence-electron chi connectivity index (χ3n) is 5.01. The molecule has 1 aliphatic rings. The number of aromatic nitrogens is 2. The summed E-state index contributed by atoms with van der Waals surface area (Å²) >= 11 is 0. The molecule has 28 heavy (non-hydrogen) atoms. The molecule has 0 unspecified atom stereocenters. The molecule has 1 fully saturated rings. The first-order valence-corrected chi connectivity index (χ1v) is 9.09. The van der Waals surface area contributed by atoms with Crippen molar-refractivity contribution in [3.05, 3.63) is 45.0 Å². The number of nitrogens with one attached hydrogen (secondary N) is 2. The summed E-state index contributed by atoms with van der Waals surface area (Å²) in [6.07, 6.45) is 5.25. The first-order chi connectivity index (χ1) is 13.3. The third-order valence-corrected chi connectivity index (χ3v) is 5.01. The van der Waals surface area contributed by atoms with E-state index in [1.54, 1.807) is 0 Å². The maximum atomic E-state index is 12.5. The van der Waals surface area contributed by atoms with E-state index in [2.05, 4.69) is 22.5 Å². The Kier molecular flexibility index (Phi) is 5.67.